The summed E-state index contributed by atoms with van der Waals surface area (Å²) in [6.45, 7) is 2.18. The lowest BCUT2D eigenvalue weighted by molar-refractivity contribution is 0.0159. The molecule has 0 aromatic rings. The quantitative estimate of drug-likeness (QED) is 0.799. The van der Waals surface area contributed by atoms with Crippen molar-refractivity contribution in [3.05, 3.63) is 0 Å². The van der Waals surface area contributed by atoms with Crippen LogP contribution in [-0.4, -0.2) is 42.4 Å². The van der Waals surface area contributed by atoms with Gasteiger partial charge in [0.25, 0.3) is 0 Å². The van der Waals surface area contributed by atoms with Crippen molar-refractivity contribution in [2.75, 3.05) is 26.3 Å². The van der Waals surface area contributed by atoms with E-state index in [-0.39, 0.29) is 18.1 Å². The van der Waals surface area contributed by atoms with Crippen molar-refractivity contribution in [2.24, 2.45) is 5.41 Å². The molecule has 92 valence electrons. The van der Waals surface area contributed by atoms with Gasteiger partial charge in [0, 0.05) is 18.5 Å². The van der Waals surface area contributed by atoms with E-state index in [2.05, 4.69) is 0 Å². The Morgan fingerprint density at radius 2 is 2.00 bits per heavy atom. The second-order valence-electron chi connectivity index (χ2n) is 5.11. The minimum atomic E-state index is -0.204. The van der Waals surface area contributed by atoms with Crippen LogP contribution in [0.15, 0.2) is 0 Å². The highest BCUT2D eigenvalue weighted by Crippen LogP contribution is 2.37. The van der Waals surface area contributed by atoms with E-state index in [0.29, 0.717) is 13.2 Å². The Morgan fingerprint density at radius 1 is 1.25 bits per heavy atom. The molecule has 2 aliphatic rings. The Balaban J connectivity index is 1.96. The lowest BCUT2D eigenvalue weighted by atomic mass is 9.74. The number of carbonyl (C=O) groups is 1. The molecule has 1 saturated carbocycles. The zero-order chi connectivity index (χ0) is 11.4. The summed E-state index contributed by atoms with van der Waals surface area (Å²) < 4.78 is 5.03. The predicted molar refractivity (Wildman–Crippen MR) is 60.1 cm³/mol. The Bertz CT molecular complexity index is 249. The van der Waals surface area contributed by atoms with Gasteiger partial charge in [-0.05, 0) is 19.3 Å². The molecule has 1 aliphatic carbocycles. The minimum Gasteiger partial charge on any atom is -0.449 e. The summed E-state index contributed by atoms with van der Waals surface area (Å²) in [5.41, 5.74) is -0.0609. The van der Waals surface area contributed by atoms with Gasteiger partial charge in [0.2, 0.25) is 0 Å². The van der Waals surface area contributed by atoms with Crippen LogP contribution in [0.4, 0.5) is 4.79 Å². The van der Waals surface area contributed by atoms with Gasteiger partial charge in [0.05, 0.1) is 13.2 Å². The Labute approximate surface area is 96.6 Å². The summed E-state index contributed by atoms with van der Waals surface area (Å²) in [5.74, 6) is 0. The molecule has 1 amide bonds. The van der Waals surface area contributed by atoms with Crippen LogP contribution in [0.5, 0.6) is 0 Å². The van der Waals surface area contributed by atoms with E-state index in [0.717, 1.165) is 25.8 Å². The largest absolute Gasteiger partial charge is 0.449 e. The zero-order valence-corrected chi connectivity index (χ0v) is 9.78. The zero-order valence-electron chi connectivity index (χ0n) is 9.78. The van der Waals surface area contributed by atoms with Gasteiger partial charge in [0.1, 0.15) is 0 Å². The highest BCUT2D eigenvalue weighted by Gasteiger charge is 2.35. The van der Waals surface area contributed by atoms with Crippen LogP contribution in [0.2, 0.25) is 0 Å². The van der Waals surface area contributed by atoms with Crippen LogP contribution in [0, 0.1) is 5.41 Å². The Morgan fingerprint density at radius 3 is 2.62 bits per heavy atom. The first-order chi connectivity index (χ1) is 7.76. The average molecular weight is 227 g/mol. The molecule has 1 saturated heterocycles. The molecule has 0 aromatic carbocycles. The van der Waals surface area contributed by atoms with Crippen molar-refractivity contribution < 1.29 is 14.6 Å². The van der Waals surface area contributed by atoms with E-state index >= 15 is 0 Å². The average Bonchev–Trinajstić information content (AvgIpc) is 2.33. The fourth-order valence-electron chi connectivity index (χ4n) is 2.81. The van der Waals surface area contributed by atoms with Crippen LogP contribution < -0.4 is 0 Å². The summed E-state index contributed by atoms with van der Waals surface area (Å²) in [6, 6.07) is 0. The van der Waals surface area contributed by atoms with Crippen molar-refractivity contribution >= 4 is 6.09 Å². The molecule has 0 atom stereocenters. The van der Waals surface area contributed by atoms with Gasteiger partial charge in [-0.15, -0.1) is 0 Å². The summed E-state index contributed by atoms with van der Waals surface area (Å²) in [7, 11) is 0. The first kappa shape index (κ1) is 11.7. The van der Waals surface area contributed by atoms with Crippen LogP contribution in [0.1, 0.15) is 38.5 Å². The standard InChI is InChI=1S/C12H21NO3/c14-10-12(5-2-1-3-6-12)9-13-7-4-8-16-11(13)15/h14H,1-10H2. The van der Waals surface area contributed by atoms with Crippen molar-refractivity contribution in [2.45, 2.75) is 38.5 Å². The molecule has 2 rings (SSSR count). The number of rotatable bonds is 3. The topological polar surface area (TPSA) is 49.8 Å². The van der Waals surface area contributed by atoms with Gasteiger partial charge in [-0.25, -0.2) is 4.79 Å². The molecule has 1 aliphatic heterocycles. The lowest BCUT2D eigenvalue weighted by Gasteiger charge is -2.40. The maximum Gasteiger partial charge on any atom is 0.409 e. The fourth-order valence-corrected chi connectivity index (χ4v) is 2.81. The first-order valence-electron chi connectivity index (χ1n) is 6.28. The Kier molecular flexibility index (Phi) is 3.69. The minimum absolute atomic E-state index is 0.0609. The number of amides is 1. The second kappa shape index (κ2) is 5.04. The van der Waals surface area contributed by atoms with Crippen LogP contribution in [0.25, 0.3) is 0 Å². The number of aliphatic hydroxyl groups excluding tert-OH is 1. The van der Waals surface area contributed by atoms with Gasteiger partial charge in [-0.1, -0.05) is 19.3 Å². The Hall–Kier alpha value is -0.770. The first-order valence-corrected chi connectivity index (χ1v) is 6.28. The maximum atomic E-state index is 11.5. The molecule has 4 nitrogen and oxygen atoms in total. The molecule has 0 aromatic heterocycles. The van der Waals surface area contributed by atoms with E-state index in [1.165, 1.54) is 19.3 Å². The molecular formula is C12H21NO3. The molecule has 1 heterocycles. The highest BCUT2D eigenvalue weighted by atomic mass is 16.6. The third-order valence-corrected chi connectivity index (χ3v) is 3.83. The smallest absolute Gasteiger partial charge is 0.409 e. The number of nitrogens with zero attached hydrogens (tertiary/aromatic N) is 1. The normalized spacial score (nSPS) is 25.3. The monoisotopic (exact) mass is 227 g/mol. The molecule has 2 fully saturated rings. The number of carbonyl (C=O) groups excluding carboxylic acids is 1. The molecule has 0 radical (unpaired) electrons. The highest BCUT2D eigenvalue weighted by molar-refractivity contribution is 5.68. The third-order valence-electron chi connectivity index (χ3n) is 3.83. The van der Waals surface area contributed by atoms with E-state index in [1.54, 1.807) is 4.90 Å². The molecule has 0 spiro atoms. The molecule has 16 heavy (non-hydrogen) atoms. The number of cyclic esters (lactones) is 1. The molecule has 0 unspecified atom stereocenters. The van der Waals surface area contributed by atoms with Crippen molar-refractivity contribution in [3.8, 4) is 0 Å². The van der Waals surface area contributed by atoms with Crippen molar-refractivity contribution in [3.63, 3.8) is 0 Å². The maximum absolute atomic E-state index is 11.5. The van der Waals surface area contributed by atoms with Crippen LogP contribution in [-0.2, 0) is 4.74 Å². The van der Waals surface area contributed by atoms with Crippen LogP contribution in [0.3, 0.4) is 0 Å². The van der Waals surface area contributed by atoms with Gasteiger partial charge in [-0.2, -0.15) is 0 Å². The van der Waals surface area contributed by atoms with E-state index in [9.17, 15) is 9.90 Å². The van der Waals surface area contributed by atoms with E-state index in [1.807, 2.05) is 0 Å². The second-order valence-corrected chi connectivity index (χ2v) is 5.11. The summed E-state index contributed by atoms with van der Waals surface area (Å²) in [6.07, 6.45) is 6.37. The van der Waals surface area contributed by atoms with E-state index < -0.39 is 0 Å². The third kappa shape index (κ3) is 2.48. The van der Waals surface area contributed by atoms with Gasteiger partial charge >= 0.3 is 6.09 Å². The van der Waals surface area contributed by atoms with Gasteiger partial charge in [0.15, 0.2) is 0 Å². The summed E-state index contributed by atoms with van der Waals surface area (Å²) in [4.78, 5) is 13.3. The SMILES string of the molecule is O=C1OCCCN1CC1(CO)CCCCC1. The van der Waals surface area contributed by atoms with Gasteiger partial charge < -0.3 is 14.7 Å². The molecule has 1 N–H and O–H groups in total. The molecule has 4 heteroatoms. The molecule has 0 bridgehead atoms. The number of hydrogen-bond donors (Lipinski definition) is 1. The van der Waals surface area contributed by atoms with Gasteiger partial charge in [-0.3, -0.25) is 0 Å². The van der Waals surface area contributed by atoms with Crippen LogP contribution >= 0.6 is 0 Å². The summed E-state index contributed by atoms with van der Waals surface area (Å²) >= 11 is 0. The van der Waals surface area contributed by atoms with Crippen molar-refractivity contribution in [1.82, 2.24) is 4.90 Å². The summed E-state index contributed by atoms with van der Waals surface area (Å²) in [5, 5.41) is 9.58. The predicted octanol–water partition coefficient (Wildman–Crippen LogP) is 1.77. The lowest BCUT2D eigenvalue weighted by Crippen LogP contribution is -2.47. The molecular weight excluding hydrogens is 206 g/mol. The number of aliphatic hydroxyl groups is 1. The number of ether oxygens (including phenoxy) is 1. The van der Waals surface area contributed by atoms with Crippen molar-refractivity contribution in [1.29, 1.82) is 0 Å². The fraction of sp³-hybridized carbons (Fsp3) is 0.917. The van der Waals surface area contributed by atoms with E-state index in [4.69, 9.17) is 4.74 Å². The number of hydrogen-bond acceptors (Lipinski definition) is 3.